The van der Waals surface area contributed by atoms with Gasteiger partial charge in [-0.25, -0.2) is 4.79 Å². The molecule has 35 heavy (non-hydrogen) atoms. The molecular weight excluding hydrogens is 483 g/mol. The van der Waals surface area contributed by atoms with E-state index in [-0.39, 0.29) is 47.7 Å². The highest BCUT2D eigenvalue weighted by atomic mass is 32.2. The van der Waals surface area contributed by atoms with Crippen LogP contribution in [-0.2, 0) is 15.8 Å². The molecular formula is C23H32F3N5O3S. The molecule has 0 bridgehead atoms. The molecule has 8 nitrogen and oxygen atoms in total. The normalized spacial score (nSPS) is 21.2. The van der Waals surface area contributed by atoms with Crippen molar-refractivity contribution in [2.24, 2.45) is 0 Å². The van der Waals surface area contributed by atoms with Gasteiger partial charge in [0.05, 0.1) is 17.6 Å². The van der Waals surface area contributed by atoms with E-state index in [2.05, 4.69) is 21.3 Å². The van der Waals surface area contributed by atoms with E-state index in [1.807, 2.05) is 11.8 Å². The number of thioether (sulfide) groups is 1. The Morgan fingerprint density at radius 2 is 1.77 bits per heavy atom. The van der Waals surface area contributed by atoms with Crippen LogP contribution in [0, 0.1) is 0 Å². The Balaban J connectivity index is 1.20. The second-order valence-electron chi connectivity index (χ2n) is 8.92. The number of nitrogens with one attached hydrogen (secondary N) is 4. The zero-order valence-corrected chi connectivity index (χ0v) is 20.2. The van der Waals surface area contributed by atoms with Gasteiger partial charge in [0.15, 0.2) is 0 Å². The zero-order chi connectivity index (χ0) is 25.4. The molecule has 1 aromatic carbocycles. The van der Waals surface area contributed by atoms with Crippen LogP contribution in [0.2, 0.25) is 0 Å². The van der Waals surface area contributed by atoms with Gasteiger partial charge in [-0.1, -0.05) is 12.8 Å². The third kappa shape index (κ3) is 8.52. The number of hydrogen-bond acceptors (Lipinski definition) is 5. The molecule has 2 saturated heterocycles. The van der Waals surface area contributed by atoms with E-state index >= 15 is 0 Å². The van der Waals surface area contributed by atoms with Crippen molar-refractivity contribution >= 4 is 41.0 Å². The van der Waals surface area contributed by atoms with E-state index < -0.39 is 11.7 Å². The topological polar surface area (TPSA) is 125 Å². The van der Waals surface area contributed by atoms with Crippen LogP contribution in [0.4, 0.5) is 29.3 Å². The van der Waals surface area contributed by atoms with E-state index in [0.717, 1.165) is 37.1 Å². The molecule has 2 heterocycles. The van der Waals surface area contributed by atoms with Crippen molar-refractivity contribution in [1.29, 1.82) is 0 Å². The fourth-order valence-corrected chi connectivity index (χ4v) is 5.83. The number of fused-ring (bicyclic) bond motifs is 1. The lowest BCUT2D eigenvalue weighted by Gasteiger charge is -2.16. The van der Waals surface area contributed by atoms with Crippen molar-refractivity contribution < 1.29 is 27.6 Å². The van der Waals surface area contributed by atoms with Gasteiger partial charge in [0.25, 0.3) is 0 Å². The molecule has 0 aromatic heterocycles. The van der Waals surface area contributed by atoms with Crippen LogP contribution < -0.4 is 27.0 Å². The van der Waals surface area contributed by atoms with Crippen molar-refractivity contribution in [2.45, 2.75) is 74.9 Å². The summed E-state index contributed by atoms with van der Waals surface area (Å²) in [5.74, 6) is 0.543. The summed E-state index contributed by atoms with van der Waals surface area (Å²) < 4.78 is 38.6. The van der Waals surface area contributed by atoms with Crippen LogP contribution in [-0.4, -0.2) is 47.5 Å². The summed E-state index contributed by atoms with van der Waals surface area (Å²) in [6.45, 7) is 0.518. The fourth-order valence-electron chi connectivity index (χ4n) is 4.29. The minimum Gasteiger partial charge on any atom is -0.399 e. The summed E-state index contributed by atoms with van der Waals surface area (Å²) in [7, 11) is 0. The quantitative estimate of drug-likeness (QED) is 0.165. The van der Waals surface area contributed by atoms with E-state index in [0.29, 0.717) is 37.5 Å². The number of benzene rings is 1. The van der Waals surface area contributed by atoms with Crippen LogP contribution in [0.1, 0.15) is 56.9 Å². The van der Waals surface area contributed by atoms with Gasteiger partial charge in [0, 0.05) is 41.8 Å². The predicted octanol–water partition coefficient (Wildman–Crippen LogP) is 3.63. The summed E-state index contributed by atoms with van der Waals surface area (Å²) in [5.41, 5.74) is 4.54. The first-order valence-corrected chi connectivity index (χ1v) is 12.9. The molecule has 194 valence electrons. The molecule has 3 rings (SSSR count). The summed E-state index contributed by atoms with van der Waals surface area (Å²) in [4.78, 5) is 35.4. The number of rotatable bonds is 12. The number of carbonyl (C=O) groups is 3. The molecule has 6 N–H and O–H groups in total. The lowest BCUT2D eigenvalue weighted by atomic mass is 10.0. The first kappa shape index (κ1) is 27.0. The molecule has 4 amide bonds. The van der Waals surface area contributed by atoms with Gasteiger partial charge in [0.2, 0.25) is 11.8 Å². The first-order valence-electron chi connectivity index (χ1n) is 11.8. The van der Waals surface area contributed by atoms with E-state index in [1.54, 1.807) is 0 Å². The van der Waals surface area contributed by atoms with Gasteiger partial charge >= 0.3 is 12.2 Å². The SMILES string of the molecule is Nc1cc(NC(=O)CCCCCNC(=O)CCCCC2SCC3NC(=O)NC32)cc(C(F)(F)F)c1. The Morgan fingerprint density at radius 3 is 2.54 bits per heavy atom. The standard InChI is InChI=1S/C23H32F3N5O3S/c24-23(25,26)14-10-15(27)12-16(11-14)29-20(33)8-2-1-5-9-28-19(32)7-4-3-6-18-21-17(13-35-18)30-22(34)31-21/h10-12,17-18,21H,1-9,13,27H2,(H,28,32)(H,29,33)(H2,30,31,34). The van der Waals surface area contributed by atoms with Gasteiger partial charge < -0.3 is 27.0 Å². The summed E-state index contributed by atoms with van der Waals surface area (Å²) >= 11 is 1.86. The van der Waals surface area contributed by atoms with Gasteiger partial charge in [-0.15, -0.1) is 0 Å². The summed E-state index contributed by atoms with van der Waals surface area (Å²) in [5, 5.41) is 11.6. The van der Waals surface area contributed by atoms with E-state index in [4.69, 9.17) is 5.73 Å². The number of nitrogens with two attached hydrogens (primary N) is 1. The maximum absolute atomic E-state index is 12.9. The van der Waals surface area contributed by atoms with Crippen molar-refractivity contribution in [2.75, 3.05) is 23.3 Å². The van der Waals surface area contributed by atoms with Crippen molar-refractivity contribution in [1.82, 2.24) is 16.0 Å². The summed E-state index contributed by atoms with van der Waals surface area (Å²) in [6, 6.07) is 3.28. The highest BCUT2D eigenvalue weighted by Crippen LogP contribution is 2.34. The monoisotopic (exact) mass is 515 g/mol. The van der Waals surface area contributed by atoms with Gasteiger partial charge in [0.1, 0.15) is 0 Å². The van der Waals surface area contributed by atoms with Crippen molar-refractivity contribution in [3.63, 3.8) is 0 Å². The molecule has 3 unspecified atom stereocenters. The fraction of sp³-hybridized carbons (Fsp3) is 0.609. The Hall–Kier alpha value is -2.63. The predicted molar refractivity (Wildman–Crippen MR) is 130 cm³/mol. The zero-order valence-electron chi connectivity index (χ0n) is 19.4. The number of urea groups is 1. The van der Waals surface area contributed by atoms with Crippen LogP contribution in [0.15, 0.2) is 18.2 Å². The lowest BCUT2D eigenvalue weighted by Crippen LogP contribution is -2.36. The maximum Gasteiger partial charge on any atom is 0.416 e. The van der Waals surface area contributed by atoms with Crippen LogP contribution in [0.25, 0.3) is 0 Å². The number of halogens is 3. The highest BCUT2D eigenvalue weighted by Gasteiger charge is 2.42. The molecule has 0 radical (unpaired) electrons. The Kier molecular flexibility index (Phi) is 9.53. The molecule has 1 aromatic rings. The third-order valence-corrected chi connectivity index (χ3v) is 7.56. The van der Waals surface area contributed by atoms with Crippen molar-refractivity contribution in [3.05, 3.63) is 23.8 Å². The number of amides is 4. The molecule has 0 aliphatic carbocycles. The summed E-state index contributed by atoms with van der Waals surface area (Å²) in [6.07, 6.45) is 0.755. The maximum atomic E-state index is 12.9. The average Bonchev–Trinajstić information content (AvgIpc) is 3.32. The molecule has 3 atom stereocenters. The first-order chi connectivity index (χ1) is 16.6. The largest absolute Gasteiger partial charge is 0.416 e. The van der Waals surface area contributed by atoms with Crippen LogP contribution in [0.3, 0.4) is 0 Å². The van der Waals surface area contributed by atoms with E-state index in [1.165, 1.54) is 6.07 Å². The molecule has 2 aliphatic heterocycles. The number of nitrogen functional groups attached to an aromatic ring is 1. The third-order valence-electron chi connectivity index (χ3n) is 6.05. The van der Waals surface area contributed by atoms with Crippen LogP contribution >= 0.6 is 11.8 Å². The number of anilines is 2. The lowest BCUT2D eigenvalue weighted by molar-refractivity contribution is -0.137. The minimum absolute atomic E-state index is 0.00216. The van der Waals surface area contributed by atoms with Gasteiger partial charge in [-0.2, -0.15) is 24.9 Å². The molecule has 2 aliphatic rings. The van der Waals surface area contributed by atoms with Gasteiger partial charge in [-0.3, -0.25) is 9.59 Å². The van der Waals surface area contributed by atoms with Crippen molar-refractivity contribution in [3.8, 4) is 0 Å². The molecule has 12 heteroatoms. The Morgan fingerprint density at radius 1 is 1.03 bits per heavy atom. The molecule has 2 fully saturated rings. The molecule has 0 saturated carbocycles. The highest BCUT2D eigenvalue weighted by molar-refractivity contribution is 8.00. The number of hydrogen-bond donors (Lipinski definition) is 5. The molecule has 0 spiro atoms. The average molecular weight is 516 g/mol. The second kappa shape index (κ2) is 12.4. The van der Waals surface area contributed by atoms with E-state index in [9.17, 15) is 27.6 Å². The van der Waals surface area contributed by atoms with Crippen LogP contribution in [0.5, 0.6) is 0 Å². The number of unbranched alkanes of at least 4 members (excludes halogenated alkanes) is 3. The number of carbonyl (C=O) groups excluding carboxylic acids is 3. The minimum atomic E-state index is -4.54. The van der Waals surface area contributed by atoms with Gasteiger partial charge in [-0.05, 0) is 43.9 Å². The smallest absolute Gasteiger partial charge is 0.399 e. The Labute approximate surface area is 206 Å². The Bertz CT molecular complexity index is 915. The number of alkyl halides is 3. The second-order valence-corrected chi connectivity index (χ2v) is 10.2.